The Balaban J connectivity index is 1.19. The van der Waals surface area contributed by atoms with Crippen molar-refractivity contribution in [3.05, 3.63) is 83.2 Å². The summed E-state index contributed by atoms with van der Waals surface area (Å²) < 4.78 is 118. The van der Waals surface area contributed by atoms with Crippen molar-refractivity contribution in [1.82, 2.24) is 0 Å². The number of hydrogen-bond donors (Lipinski definition) is 0. The SMILES string of the molecule is CC1CCC(c2ccc(-c3ccc(C4CCC(C(F)(F)Oc5cc(F)c(OC(F)(F)F)c(F)c5)CC4)c(F)c3)cc2)CC1. The molecule has 3 aromatic rings. The maximum atomic E-state index is 15.2. The van der Waals surface area contributed by atoms with Gasteiger partial charge >= 0.3 is 12.5 Å². The highest BCUT2D eigenvalue weighted by atomic mass is 19.4. The summed E-state index contributed by atoms with van der Waals surface area (Å²) in [5, 5.41) is 0. The van der Waals surface area contributed by atoms with Gasteiger partial charge in [0.05, 0.1) is 5.92 Å². The topological polar surface area (TPSA) is 18.5 Å². The largest absolute Gasteiger partial charge is 0.573 e. The molecule has 3 aromatic carbocycles. The van der Waals surface area contributed by atoms with Gasteiger partial charge in [0, 0.05) is 12.1 Å². The van der Waals surface area contributed by atoms with E-state index < -0.39 is 47.3 Å². The Kier molecular flexibility index (Phi) is 8.95. The van der Waals surface area contributed by atoms with Crippen LogP contribution < -0.4 is 9.47 Å². The van der Waals surface area contributed by atoms with E-state index >= 15 is 4.39 Å². The Morgan fingerprint density at radius 1 is 0.605 bits per heavy atom. The summed E-state index contributed by atoms with van der Waals surface area (Å²) in [4.78, 5) is 0. The molecule has 0 radical (unpaired) electrons. The molecule has 2 nitrogen and oxygen atoms in total. The highest BCUT2D eigenvalue weighted by Crippen LogP contribution is 2.45. The molecule has 2 saturated carbocycles. The van der Waals surface area contributed by atoms with Gasteiger partial charge in [0.1, 0.15) is 11.6 Å². The molecule has 10 heteroatoms. The van der Waals surface area contributed by atoms with Gasteiger partial charge in [-0.15, -0.1) is 13.2 Å². The predicted octanol–water partition coefficient (Wildman–Crippen LogP) is 10.9. The fourth-order valence-electron chi connectivity index (χ4n) is 6.37. The molecule has 0 saturated heterocycles. The lowest BCUT2D eigenvalue weighted by atomic mass is 9.77. The molecular weight excluding hydrogens is 580 g/mol. The Labute approximate surface area is 245 Å². The zero-order valence-electron chi connectivity index (χ0n) is 23.5. The van der Waals surface area contributed by atoms with Crippen LogP contribution >= 0.6 is 0 Å². The standard InChI is InChI=1S/C33H32F8O2/c1-19-2-4-20(5-3-19)21-6-8-22(9-7-21)24-12-15-27(28(34)16-24)23-10-13-25(14-11-23)32(37,38)42-26-17-29(35)31(30(36)18-26)43-33(39,40)41/h6-9,12,15-20,23,25H,2-5,10-11,13-14H2,1H3. The maximum Gasteiger partial charge on any atom is 0.573 e. The molecule has 232 valence electrons. The van der Waals surface area contributed by atoms with Gasteiger partial charge in [0.25, 0.3) is 0 Å². The zero-order chi connectivity index (χ0) is 30.9. The van der Waals surface area contributed by atoms with Gasteiger partial charge in [0.2, 0.25) is 5.75 Å². The summed E-state index contributed by atoms with van der Waals surface area (Å²) in [6.07, 6.45) is -4.07. The van der Waals surface area contributed by atoms with Gasteiger partial charge in [-0.25, -0.2) is 13.2 Å². The molecule has 5 rings (SSSR count). The minimum atomic E-state index is -5.37. The van der Waals surface area contributed by atoms with Crippen molar-refractivity contribution in [2.75, 3.05) is 0 Å². The molecule has 0 heterocycles. The van der Waals surface area contributed by atoms with Crippen LogP contribution in [0.25, 0.3) is 11.1 Å². The number of halogens is 8. The van der Waals surface area contributed by atoms with E-state index in [1.165, 1.54) is 37.3 Å². The van der Waals surface area contributed by atoms with Gasteiger partial charge in [-0.3, -0.25) is 0 Å². The second-order valence-electron chi connectivity index (χ2n) is 11.8. The van der Waals surface area contributed by atoms with E-state index in [0.29, 0.717) is 11.5 Å². The first kappa shape index (κ1) is 31.1. The van der Waals surface area contributed by atoms with Crippen LogP contribution in [0.15, 0.2) is 54.6 Å². The van der Waals surface area contributed by atoms with Gasteiger partial charge in [-0.05, 0) is 84.6 Å². The van der Waals surface area contributed by atoms with Crippen molar-refractivity contribution in [2.24, 2.45) is 11.8 Å². The van der Waals surface area contributed by atoms with Crippen molar-refractivity contribution < 1.29 is 44.6 Å². The smallest absolute Gasteiger partial charge is 0.432 e. The number of alkyl halides is 5. The van der Waals surface area contributed by atoms with E-state index in [2.05, 4.69) is 28.5 Å². The number of ether oxygens (including phenoxy) is 2. The van der Waals surface area contributed by atoms with Crippen molar-refractivity contribution in [3.8, 4) is 22.6 Å². The van der Waals surface area contributed by atoms with Crippen LogP contribution in [0.1, 0.15) is 81.3 Å². The molecule has 0 aromatic heterocycles. The minimum Gasteiger partial charge on any atom is -0.432 e. The first-order valence-electron chi connectivity index (χ1n) is 14.5. The van der Waals surface area contributed by atoms with Crippen molar-refractivity contribution in [2.45, 2.75) is 82.6 Å². The molecule has 2 fully saturated rings. The van der Waals surface area contributed by atoms with Gasteiger partial charge in [0.15, 0.2) is 11.6 Å². The molecule has 0 aliphatic heterocycles. The molecule has 0 amide bonds. The lowest BCUT2D eigenvalue weighted by molar-refractivity contribution is -0.276. The van der Waals surface area contributed by atoms with Crippen LogP contribution in [0.2, 0.25) is 0 Å². The molecular formula is C33H32F8O2. The summed E-state index contributed by atoms with van der Waals surface area (Å²) >= 11 is 0. The zero-order valence-corrected chi connectivity index (χ0v) is 23.5. The molecule has 0 atom stereocenters. The normalized spacial score (nSPS) is 23.2. The summed E-state index contributed by atoms with van der Waals surface area (Å²) in [5.41, 5.74) is 3.35. The van der Waals surface area contributed by atoms with E-state index in [1.54, 1.807) is 6.07 Å². The third-order valence-electron chi connectivity index (χ3n) is 8.82. The fourth-order valence-corrected chi connectivity index (χ4v) is 6.37. The summed E-state index contributed by atoms with van der Waals surface area (Å²) in [6.45, 7) is 2.28. The summed E-state index contributed by atoms with van der Waals surface area (Å²) in [5.74, 6) is -7.13. The average Bonchev–Trinajstić information content (AvgIpc) is 2.95. The second-order valence-corrected chi connectivity index (χ2v) is 11.8. The van der Waals surface area contributed by atoms with E-state index in [-0.39, 0.29) is 43.7 Å². The second kappa shape index (κ2) is 12.4. The monoisotopic (exact) mass is 612 g/mol. The van der Waals surface area contributed by atoms with E-state index in [0.717, 1.165) is 17.0 Å². The Hall–Kier alpha value is -3.30. The predicted molar refractivity (Wildman–Crippen MR) is 146 cm³/mol. The van der Waals surface area contributed by atoms with Gasteiger partial charge in [-0.2, -0.15) is 8.78 Å². The Morgan fingerprint density at radius 2 is 1.16 bits per heavy atom. The third-order valence-corrected chi connectivity index (χ3v) is 8.82. The molecule has 2 aliphatic rings. The molecule has 0 spiro atoms. The average molecular weight is 613 g/mol. The fraction of sp³-hybridized carbons (Fsp3) is 0.455. The van der Waals surface area contributed by atoms with Crippen LogP contribution in [0.3, 0.4) is 0 Å². The molecule has 0 unspecified atom stereocenters. The third kappa shape index (κ3) is 7.44. The Bertz CT molecular complexity index is 1380. The molecule has 0 bridgehead atoms. The highest BCUT2D eigenvalue weighted by molar-refractivity contribution is 5.64. The lowest BCUT2D eigenvalue weighted by Gasteiger charge is -2.33. The van der Waals surface area contributed by atoms with E-state index in [4.69, 9.17) is 0 Å². The van der Waals surface area contributed by atoms with Crippen molar-refractivity contribution in [1.29, 1.82) is 0 Å². The molecule has 0 N–H and O–H groups in total. The van der Waals surface area contributed by atoms with E-state index in [9.17, 15) is 30.7 Å². The molecule has 43 heavy (non-hydrogen) atoms. The van der Waals surface area contributed by atoms with Crippen molar-refractivity contribution in [3.63, 3.8) is 0 Å². The Morgan fingerprint density at radius 3 is 1.72 bits per heavy atom. The van der Waals surface area contributed by atoms with Crippen LogP contribution in [0.4, 0.5) is 35.1 Å². The molecule has 2 aliphatic carbocycles. The van der Waals surface area contributed by atoms with Crippen molar-refractivity contribution >= 4 is 0 Å². The number of hydrogen-bond acceptors (Lipinski definition) is 2. The van der Waals surface area contributed by atoms with Crippen LogP contribution in [0, 0.1) is 29.3 Å². The lowest BCUT2D eigenvalue weighted by Crippen LogP contribution is -2.37. The van der Waals surface area contributed by atoms with Crippen LogP contribution in [-0.2, 0) is 0 Å². The first-order valence-corrected chi connectivity index (χ1v) is 14.5. The number of benzene rings is 3. The van der Waals surface area contributed by atoms with Crippen LogP contribution in [-0.4, -0.2) is 12.5 Å². The van der Waals surface area contributed by atoms with Crippen LogP contribution in [0.5, 0.6) is 11.5 Å². The quantitative estimate of drug-likeness (QED) is 0.247. The first-order chi connectivity index (χ1) is 20.3. The number of rotatable bonds is 7. The minimum absolute atomic E-state index is 0.0551. The van der Waals surface area contributed by atoms with Gasteiger partial charge < -0.3 is 9.47 Å². The summed E-state index contributed by atoms with van der Waals surface area (Å²) in [6, 6.07) is 13.6. The highest BCUT2D eigenvalue weighted by Gasteiger charge is 2.45. The van der Waals surface area contributed by atoms with E-state index in [1.807, 2.05) is 18.2 Å². The summed E-state index contributed by atoms with van der Waals surface area (Å²) in [7, 11) is 0. The maximum absolute atomic E-state index is 15.2. The van der Waals surface area contributed by atoms with Gasteiger partial charge in [-0.1, -0.05) is 56.2 Å².